The first-order chi connectivity index (χ1) is 7.29. The lowest BCUT2D eigenvalue weighted by molar-refractivity contribution is 0.199. The lowest BCUT2D eigenvalue weighted by Crippen LogP contribution is -2.14. The first kappa shape index (κ1) is 10.6. The minimum atomic E-state index is 0.296. The van der Waals surface area contributed by atoms with Gasteiger partial charge in [0.1, 0.15) is 0 Å². The average molecular weight is 211 g/mol. The quantitative estimate of drug-likeness (QED) is 0.799. The molecule has 15 heavy (non-hydrogen) atoms. The largest absolute Gasteiger partial charge is 0.384 e. The third kappa shape index (κ3) is 2.54. The summed E-state index contributed by atoms with van der Waals surface area (Å²) in [5.74, 6) is 1.84. The molecule has 0 amide bonds. The van der Waals surface area contributed by atoms with Gasteiger partial charge in [0.25, 0.3) is 0 Å². The molecule has 1 saturated carbocycles. The molecule has 0 unspecified atom stereocenters. The zero-order valence-electron chi connectivity index (χ0n) is 8.98. The number of hydrogen-bond donors (Lipinski definition) is 1. The zero-order chi connectivity index (χ0) is 10.7. The Kier molecular flexibility index (Phi) is 3.33. The molecule has 2 N–H and O–H groups in total. The molecule has 1 heterocycles. The maximum absolute atomic E-state index is 5.84. The molecule has 0 aromatic carbocycles. The molecule has 2 atom stereocenters. The summed E-state index contributed by atoms with van der Waals surface area (Å²) in [4.78, 5) is 4.35. The second-order valence-electron chi connectivity index (χ2n) is 4.06. The summed E-state index contributed by atoms with van der Waals surface area (Å²) < 4.78 is 10.2. The minimum Gasteiger partial charge on any atom is -0.384 e. The Labute approximate surface area is 89.0 Å². The first-order valence-corrected chi connectivity index (χ1v) is 5.36. The van der Waals surface area contributed by atoms with E-state index < -0.39 is 0 Å². The van der Waals surface area contributed by atoms with Gasteiger partial charge in [-0.05, 0) is 19.3 Å². The molecule has 1 aromatic heterocycles. The highest BCUT2D eigenvalue weighted by Gasteiger charge is 2.27. The van der Waals surface area contributed by atoms with Crippen LogP contribution in [0.2, 0.25) is 0 Å². The lowest BCUT2D eigenvalue weighted by Gasteiger charge is -2.01. The molecule has 0 aliphatic heterocycles. The molecule has 5 heteroatoms. The van der Waals surface area contributed by atoms with Crippen LogP contribution in [0.15, 0.2) is 4.52 Å². The molecular weight excluding hydrogens is 194 g/mol. The monoisotopic (exact) mass is 211 g/mol. The molecule has 0 radical (unpaired) electrons. The fourth-order valence-corrected chi connectivity index (χ4v) is 1.97. The van der Waals surface area contributed by atoms with Crippen LogP contribution in [0, 0.1) is 0 Å². The molecule has 0 bridgehead atoms. The van der Waals surface area contributed by atoms with Crippen LogP contribution >= 0.6 is 0 Å². The van der Waals surface area contributed by atoms with E-state index in [1.807, 2.05) is 0 Å². The molecule has 0 spiro atoms. The van der Waals surface area contributed by atoms with Crippen LogP contribution in [0.25, 0.3) is 0 Å². The molecule has 2 rings (SSSR count). The van der Waals surface area contributed by atoms with Gasteiger partial charge in [0.15, 0.2) is 5.82 Å². The van der Waals surface area contributed by atoms with Crippen molar-refractivity contribution in [3.8, 4) is 0 Å². The topological polar surface area (TPSA) is 74.2 Å². The molecule has 1 aromatic rings. The van der Waals surface area contributed by atoms with E-state index in [4.69, 9.17) is 15.0 Å². The van der Waals surface area contributed by atoms with Crippen LogP contribution in [0.4, 0.5) is 0 Å². The molecule has 0 saturated heterocycles. The number of rotatable bonds is 4. The highest BCUT2D eigenvalue weighted by atomic mass is 16.5. The van der Waals surface area contributed by atoms with Crippen molar-refractivity contribution < 1.29 is 9.26 Å². The second-order valence-corrected chi connectivity index (χ2v) is 4.06. The number of methoxy groups -OCH3 is 1. The van der Waals surface area contributed by atoms with Crippen LogP contribution in [-0.4, -0.2) is 29.9 Å². The third-order valence-corrected chi connectivity index (χ3v) is 2.84. The van der Waals surface area contributed by atoms with Gasteiger partial charge in [0, 0.05) is 25.5 Å². The van der Waals surface area contributed by atoms with Gasteiger partial charge in [-0.3, -0.25) is 0 Å². The summed E-state index contributed by atoms with van der Waals surface area (Å²) in [6, 6.07) is 0.296. The maximum Gasteiger partial charge on any atom is 0.229 e. The summed E-state index contributed by atoms with van der Waals surface area (Å²) in [6.07, 6.45) is 3.79. The van der Waals surface area contributed by atoms with Crippen LogP contribution in [0.5, 0.6) is 0 Å². The van der Waals surface area contributed by atoms with Crippen molar-refractivity contribution in [2.75, 3.05) is 13.7 Å². The van der Waals surface area contributed by atoms with Gasteiger partial charge in [-0.2, -0.15) is 4.98 Å². The van der Waals surface area contributed by atoms with Gasteiger partial charge in [-0.25, -0.2) is 0 Å². The van der Waals surface area contributed by atoms with Crippen molar-refractivity contribution in [1.29, 1.82) is 0 Å². The van der Waals surface area contributed by atoms with Crippen LogP contribution in [-0.2, 0) is 11.2 Å². The average Bonchev–Trinajstić information content (AvgIpc) is 2.83. The van der Waals surface area contributed by atoms with Gasteiger partial charge >= 0.3 is 0 Å². The molecule has 1 aliphatic rings. The van der Waals surface area contributed by atoms with E-state index >= 15 is 0 Å². The number of nitrogens with zero attached hydrogens (tertiary/aromatic N) is 2. The standard InChI is InChI=1S/C10H17N3O2/c1-14-5-4-9-12-10(15-13-9)7-2-3-8(11)6-7/h7-8H,2-6,11H2,1H3/t7-,8+/m1/s1. The van der Waals surface area contributed by atoms with Crippen molar-refractivity contribution in [2.24, 2.45) is 5.73 Å². The third-order valence-electron chi connectivity index (χ3n) is 2.84. The van der Waals surface area contributed by atoms with E-state index in [-0.39, 0.29) is 0 Å². The van der Waals surface area contributed by atoms with Gasteiger partial charge in [0.2, 0.25) is 5.89 Å². The van der Waals surface area contributed by atoms with E-state index in [1.54, 1.807) is 7.11 Å². The number of ether oxygens (including phenoxy) is 1. The van der Waals surface area contributed by atoms with Gasteiger partial charge < -0.3 is 15.0 Å². The molecule has 1 aliphatic carbocycles. The summed E-state index contributed by atoms with van der Waals surface area (Å²) in [5, 5.41) is 3.92. The van der Waals surface area contributed by atoms with E-state index in [0.29, 0.717) is 25.0 Å². The van der Waals surface area contributed by atoms with Gasteiger partial charge in [-0.15, -0.1) is 0 Å². The first-order valence-electron chi connectivity index (χ1n) is 5.36. The predicted octanol–water partition coefficient (Wildman–Crippen LogP) is 0.853. The smallest absolute Gasteiger partial charge is 0.229 e. The Hall–Kier alpha value is -0.940. The van der Waals surface area contributed by atoms with Crippen molar-refractivity contribution in [1.82, 2.24) is 10.1 Å². The van der Waals surface area contributed by atoms with E-state index in [0.717, 1.165) is 31.0 Å². The number of nitrogens with two attached hydrogens (primary N) is 1. The second kappa shape index (κ2) is 4.72. The Bertz CT molecular complexity index is 313. The molecule has 1 fully saturated rings. The van der Waals surface area contributed by atoms with Crippen molar-refractivity contribution in [3.05, 3.63) is 11.7 Å². The van der Waals surface area contributed by atoms with Crippen molar-refractivity contribution in [3.63, 3.8) is 0 Å². The van der Waals surface area contributed by atoms with Crippen molar-refractivity contribution in [2.45, 2.75) is 37.6 Å². The summed E-state index contributed by atoms with van der Waals surface area (Å²) in [6.45, 7) is 0.628. The van der Waals surface area contributed by atoms with Crippen LogP contribution in [0.1, 0.15) is 36.9 Å². The SMILES string of the molecule is COCCc1noc([C@@H]2CC[C@H](N)C2)n1. The van der Waals surface area contributed by atoms with Crippen molar-refractivity contribution >= 4 is 0 Å². The lowest BCUT2D eigenvalue weighted by atomic mass is 10.1. The maximum atomic E-state index is 5.84. The highest BCUT2D eigenvalue weighted by molar-refractivity contribution is 4.99. The van der Waals surface area contributed by atoms with Gasteiger partial charge in [-0.1, -0.05) is 5.16 Å². The Balaban J connectivity index is 1.94. The summed E-state index contributed by atoms with van der Waals surface area (Å²) in [7, 11) is 1.66. The van der Waals surface area contributed by atoms with E-state index in [1.165, 1.54) is 0 Å². The normalized spacial score (nSPS) is 26.0. The number of aromatic nitrogens is 2. The molecule has 84 valence electrons. The van der Waals surface area contributed by atoms with Crippen LogP contribution < -0.4 is 5.73 Å². The van der Waals surface area contributed by atoms with Gasteiger partial charge in [0.05, 0.1) is 6.61 Å². The summed E-state index contributed by atoms with van der Waals surface area (Å²) >= 11 is 0. The zero-order valence-corrected chi connectivity index (χ0v) is 8.98. The fraction of sp³-hybridized carbons (Fsp3) is 0.800. The van der Waals surface area contributed by atoms with Crippen LogP contribution in [0.3, 0.4) is 0 Å². The molecular formula is C10H17N3O2. The Morgan fingerprint density at radius 2 is 2.40 bits per heavy atom. The predicted molar refractivity (Wildman–Crippen MR) is 54.4 cm³/mol. The summed E-state index contributed by atoms with van der Waals surface area (Å²) in [5.41, 5.74) is 5.84. The molecule has 5 nitrogen and oxygen atoms in total. The Morgan fingerprint density at radius 1 is 1.53 bits per heavy atom. The fourth-order valence-electron chi connectivity index (χ4n) is 1.97. The minimum absolute atomic E-state index is 0.296. The number of hydrogen-bond acceptors (Lipinski definition) is 5. The Morgan fingerprint density at radius 3 is 3.07 bits per heavy atom. The highest BCUT2D eigenvalue weighted by Crippen LogP contribution is 2.32. The van der Waals surface area contributed by atoms with E-state index in [9.17, 15) is 0 Å². The van der Waals surface area contributed by atoms with E-state index in [2.05, 4.69) is 10.1 Å².